The molecule has 4 rings (SSSR count). The van der Waals surface area contributed by atoms with Crippen molar-refractivity contribution in [1.29, 1.82) is 0 Å². The van der Waals surface area contributed by atoms with Crippen molar-refractivity contribution in [3.8, 4) is 11.5 Å². The minimum atomic E-state index is -0.464. The average molecular weight is 396 g/mol. The number of ether oxygens (including phenoxy) is 2. The van der Waals surface area contributed by atoms with Crippen molar-refractivity contribution in [2.24, 2.45) is 0 Å². The second-order valence-corrected chi connectivity index (χ2v) is 7.68. The predicted octanol–water partition coefficient (Wildman–Crippen LogP) is 4.48. The molecule has 2 aromatic carbocycles. The van der Waals surface area contributed by atoms with Gasteiger partial charge in [0.05, 0.1) is 5.75 Å². The van der Waals surface area contributed by atoms with Crippen LogP contribution in [0, 0.1) is 20.8 Å². The molecule has 0 bridgehead atoms. The molecule has 6 nitrogen and oxygen atoms in total. The molecule has 7 heteroatoms. The van der Waals surface area contributed by atoms with Gasteiger partial charge in [-0.1, -0.05) is 41.6 Å². The molecule has 0 saturated carbocycles. The summed E-state index contributed by atoms with van der Waals surface area (Å²) >= 11 is 1.23. The number of aryl methyl sites for hydroxylation is 3. The van der Waals surface area contributed by atoms with Gasteiger partial charge in [0, 0.05) is 5.56 Å². The highest BCUT2D eigenvalue weighted by atomic mass is 32.2. The Hall–Kier alpha value is -2.80. The Morgan fingerprint density at radius 2 is 1.82 bits per heavy atom. The molecule has 0 aliphatic carbocycles. The fraction of sp³-hybridized carbons (Fsp3) is 0.286. The Morgan fingerprint density at radius 1 is 1.11 bits per heavy atom. The van der Waals surface area contributed by atoms with E-state index in [1.165, 1.54) is 11.8 Å². The highest BCUT2D eigenvalue weighted by Gasteiger charge is 2.27. The molecule has 0 radical (unpaired) electrons. The van der Waals surface area contributed by atoms with Crippen LogP contribution >= 0.6 is 11.8 Å². The first-order valence-corrected chi connectivity index (χ1v) is 9.95. The van der Waals surface area contributed by atoms with Crippen LogP contribution in [0.2, 0.25) is 0 Å². The quantitative estimate of drug-likeness (QED) is 0.465. The molecule has 2 heterocycles. The molecule has 1 unspecified atom stereocenters. The van der Waals surface area contributed by atoms with Gasteiger partial charge < -0.3 is 13.9 Å². The predicted molar refractivity (Wildman–Crippen MR) is 105 cm³/mol. The van der Waals surface area contributed by atoms with E-state index < -0.39 is 6.10 Å². The van der Waals surface area contributed by atoms with Crippen molar-refractivity contribution < 1.29 is 18.7 Å². The lowest BCUT2D eigenvalue weighted by molar-refractivity contribution is 0.0686. The Bertz CT molecular complexity index is 1010. The largest absolute Gasteiger partial charge is 0.485 e. The normalized spacial score (nSPS) is 15.5. The number of hydrogen-bond donors (Lipinski definition) is 0. The van der Waals surface area contributed by atoms with Crippen molar-refractivity contribution in [1.82, 2.24) is 10.2 Å². The standard InChI is InChI=1S/C21H20N2O4S/c1-12-8-13(2)19(14(3)9-12)15(24)11-28-21-23-22-20(27-21)18-10-25-16-6-4-5-7-17(16)26-18/h4-9,18H,10-11H2,1-3H3. The zero-order chi connectivity index (χ0) is 19.7. The number of carbonyl (C=O) groups is 1. The summed E-state index contributed by atoms with van der Waals surface area (Å²) in [6.45, 7) is 6.24. The van der Waals surface area contributed by atoms with Gasteiger partial charge in [0.1, 0.15) is 6.61 Å². The van der Waals surface area contributed by atoms with Crippen LogP contribution in [0.5, 0.6) is 11.5 Å². The van der Waals surface area contributed by atoms with E-state index in [9.17, 15) is 4.79 Å². The smallest absolute Gasteiger partial charge is 0.277 e. The van der Waals surface area contributed by atoms with E-state index >= 15 is 0 Å². The van der Waals surface area contributed by atoms with Gasteiger partial charge in [-0.2, -0.15) is 0 Å². The number of nitrogens with zero attached hydrogens (tertiary/aromatic N) is 2. The molecule has 0 spiro atoms. The summed E-state index contributed by atoms with van der Waals surface area (Å²) < 4.78 is 17.2. The van der Waals surface area contributed by atoms with Gasteiger partial charge in [-0.15, -0.1) is 10.2 Å². The van der Waals surface area contributed by atoms with Crippen molar-refractivity contribution in [3.05, 3.63) is 64.5 Å². The van der Waals surface area contributed by atoms with Crippen LogP contribution in [-0.2, 0) is 0 Å². The summed E-state index contributed by atoms with van der Waals surface area (Å²) in [7, 11) is 0. The molecule has 3 aromatic rings. The van der Waals surface area contributed by atoms with Crippen LogP contribution in [0.1, 0.15) is 39.0 Å². The summed E-state index contributed by atoms with van der Waals surface area (Å²) in [6.07, 6.45) is -0.464. The molecule has 0 saturated heterocycles. The SMILES string of the molecule is Cc1cc(C)c(C(=O)CSc2nnc(C3COc4ccccc4O3)o2)c(C)c1. The summed E-state index contributed by atoms with van der Waals surface area (Å²) in [5.41, 5.74) is 3.89. The number of Topliss-reactive ketones (excluding diaryl/α,β-unsaturated/α-hetero) is 1. The molecule has 1 aliphatic rings. The Kier molecular flexibility index (Phi) is 5.09. The molecule has 1 aliphatic heterocycles. The maximum atomic E-state index is 12.7. The van der Waals surface area contributed by atoms with Crippen LogP contribution < -0.4 is 9.47 Å². The minimum Gasteiger partial charge on any atom is -0.485 e. The zero-order valence-electron chi connectivity index (χ0n) is 15.9. The van der Waals surface area contributed by atoms with Gasteiger partial charge in [0.25, 0.3) is 11.1 Å². The first-order chi connectivity index (χ1) is 13.5. The highest BCUT2D eigenvalue weighted by molar-refractivity contribution is 7.99. The molecular weight excluding hydrogens is 376 g/mol. The molecule has 1 aromatic heterocycles. The summed E-state index contributed by atoms with van der Waals surface area (Å²) in [5, 5.41) is 8.43. The number of benzene rings is 2. The lowest BCUT2D eigenvalue weighted by atomic mass is 9.97. The van der Waals surface area contributed by atoms with E-state index in [1.54, 1.807) is 0 Å². The number of hydrogen-bond acceptors (Lipinski definition) is 7. The molecule has 0 amide bonds. The molecule has 28 heavy (non-hydrogen) atoms. The van der Waals surface area contributed by atoms with Gasteiger partial charge in [0.15, 0.2) is 17.3 Å². The Balaban J connectivity index is 1.41. The van der Waals surface area contributed by atoms with Gasteiger partial charge in [-0.05, 0) is 44.0 Å². The van der Waals surface area contributed by atoms with Gasteiger partial charge in [-0.3, -0.25) is 4.79 Å². The number of ketones is 1. The summed E-state index contributed by atoms with van der Waals surface area (Å²) in [4.78, 5) is 12.7. The summed E-state index contributed by atoms with van der Waals surface area (Å²) in [6, 6.07) is 11.5. The van der Waals surface area contributed by atoms with E-state index in [2.05, 4.69) is 10.2 Å². The van der Waals surface area contributed by atoms with Crippen LogP contribution in [0.3, 0.4) is 0 Å². The molecular formula is C21H20N2O4S. The van der Waals surface area contributed by atoms with Crippen molar-refractivity contribution >= 4 is 17.5 Å². The minimum absolute atomic E-state index is 0.0472. The highest BCUT2D eigenvalue weighted by Crippen LogP contribution is 2.36. The van der Waals surface area contributed by atoms with Crippen LogP contribution in [0.4, 0.5) is 0 Å². The monoisotopic (exact) mass is 396 g/mol. The summed E-state index contributed by atoms with van der Waals surface area (Å²) in [5.74, 6) is 1.96. The topological polar surface area (TPSA) is 74.5 Å². The second-order valence-electron chi connectivity index (χ2n) is 6.76. The van der Waals surface area contributed by atoms with E-state index in [0.717, 1.165) is 22.3 Å². The molecule has 0 N–H and O–H groups in total. The van der Waals surface area contributed by atoms with Crippen molar-refractivity contribution in [3.63, 3.8) is 0 Å². The lowest BCUT2D eigenvalue weighted by Gasteiger charge is -2.23. The third-order valence-corrected chi connectivity index (χ3v) is 5.31. The number of thioether (sulfide) groups is 1. The van der Waals surface area contributed by atoms with Crippen LogP contribution in [0.15, 0.2) is 46.0 Å². The number of carbonyl (C=O) groups excluding carboxylic acids is 1. The van der Waals surface area contributed by atoms with Crippen LogP contribution in [-0.4, -0.2) is 28.3 Å². The van der Waals surface area contributed by atoms with E-state index in [0.29, 0.717) is 29.2 Å². The van der Waals surface area contributed by atoms with E-state index in [1.807, 2.05) is 57.2 Å². The number of aromatic nitrogens is 2. The molecule has 144 valence electrons. The fourth-order valence-corrected chi connectivity index (χ4v) is 4.01. The number of fused-ring (bicyclic) bond motifs is 1. The second kappa shape index (κ2) is 7.67. The van der Waals surface area contributed by atoms with Gasteiger partial charge in [-0.25, -0.2) is 0 Å². The van der Waals surface area contributed by atoms with Crippen molar-refractivity contribution in [2.75, 3.05) is 12.4 Å². The molecule has 0 fully saturated rings. The fourth-order valence-electron chi connectivity index (χ4n) is 3.37. The third kappa shape index (κ3) is 3.75. The van der Waals surface area contributed by atoms with Gasteiger partial charge in [0.2, 0.25) is 6.10 Å². The van der Waals surface area contributed by atoms with Crippen LogP contribution in [0.25, 0.3) is 0 Å². The lowest BCUT2D eigenvalue weighted by Crippen LogP contribution is -2.21. The van der Waals surface area contributed by atoms with Crippen molar-refractivity contribution in [2.45, 2.75) is 32.1 Å². The first kappa shape index (κ1) is 18.6. The van der Waals surface area contributed by atoms with E-state index in [-0.39, 0.29) is 11.5 Å². The third-order valence-electron chi connectivity index (χ3n) is 4.49. The Morgan fingerprint density at radius 3 is 2.57 bits per heavy atom. The first-order valence-electron chi connectivity index (χ1n) is 8.97. The van der Waals surface area contributed by atoms with E-state index in [4.69, 9.17) is 13.9 Å². The Labute approximate surface area is 167 Å². The molecule has 1 atom stereocenters. The average Bonchev–Trinajstić information content (AvgIpc) is 3.14. The number of rotatable bonds is 5. The zero-order valence-corrected chi connectivity index (χ0v) is 16.7. The van der Waals surface area contributed by atoms with Gasteiger partial charge >= 0.3 is 0 Å². The number of para-hydroxylation sites is 2. The maximum absolute atomic E-state index is 12.7. The maximum Gasteiger partial charge on any atom is 0.277 e.